The molecule has 0 saturated carbocycles. The average molecular weight is 313 g/mol. The third-order valence-corrected chi connectivity index (χ3v) is 4.52. The van der Waals surface area contributed by atoms with Gasteiger partial charge in [-0.2, -0.15) is 0 Å². The van der Waals surface area contributed by atoms with E-state index in [9.17, 15) is 0 Å². The van der Waals surface area contributed by atoms with Crippen LogP contribution in [-0.2, 0) is 12.8 Å². The summed E-state index contributed by atoms with van der Waals surface area (Å²) < 4.78 is 0. The maximum Gasteiger partial charge on any atom is 0.0147 e. The molecule has 2 aromatic carbocycles. The molecular formula is C21H25Cl. The van der Waals surface area contributed by atoms with Crippen molar-refractivity contribution in [2.45, 2.75) is 47.0 Å². The zero-order valence-corrected chi connectivity index (χ0v) is 14.8. The Morgan fingerprint density at radius 1 is 0.864 bits per heavy atom. The van der Waals surface area contributed by atoms with E-state index >= 15 is 0 Å². The third-order valence-electron chi connectivity index (χ3n) is 4.17. The monoisotopic (exact) mass is 312 g/mol. The number of allylic oxidation sites excluding steroid dienone is 2. The number of hydrogen-bond acceptors (Lipinski definition) is 0. The lowest BCUT2D eigenvalue weighted by atomic mass is 10.0. The molecule has 0 nitrogen and oxygen atoms in total. The van der Waals surface area contributed by atoms with Crippen molar-refractivity contribution in [3.8, 4) is 0 Å². The molecule has 0 heterocycles. The summed E-state index contributed by atoms with van der Waals surface area (Å²) in [6.45, 7) is 8.60. The number of aryl methyl sites for hydroxylation is 5. The molecule has 0 radical (unpaired) electrons. The molecule has 0 unspecified atom stereocenters. The van der Waals surface area contributed by atoms with Crippen molar-refractivity contribution in [1.82, 2.24) is 0 Å². The van der Waals surface area contributed by atoms with Crippen molar-refractivity contribution >= 4 is 11.6 Å². The molecule has 116 valence electrons. The number of benzene rings is 2. The van der Waals surface area contributed by atoms with Gasteiger partial charge in [-0.3, -0.25) is 0 Å². The zero-order valence-electron chi connectivity index (χ0n) is 14.0. The van der Waals surface area contributed by atoms with Crippen LogP contribution >= 0.6 is 11.6 Å². The van der Waals surface area contributed by atoms with Gasteiger partial charge in [-0.1, -0.05) is 65.2 Å². The largest absolute Gasteiger partial charge is 0.0895 e. The minimum absolute atomic E-state index is 0.913. The highest BCUT2D eigenvalue weighted by Gasteiger charge is 2.02. The maximum absolute atomic E-state index is 6.41. The predicted octanol–water partition coefficient (Wildman–Crippen LogP) is 6.22. The third kappa shape index (κ3) is 4.74. The van der Waals surface area contributed by atoms with E-state index in [0.29, 0.717) is 0 Å². The molecule has 0 atom stereocenters. The van der Waals surface area contributed by atoms with Crippen molar-refractivity contribution in [1.29, 1.82) is 0 Å². The normalized spacial score (nSPS) is 11.8. The predicted molar refractivity (Wildman–Crippen MR) is 97.8 cm³/mol. The molecule has 1 heteroatoms. The van der Waals surface area contributed by atoms with Crippen LogP contribution in [0.4, 0.5) is 0 Å². The smallest absolute Gasteiger partial charge is 0.0147 e. The van der Waals surface area contributed by atoms with E-state index in [1.54, 1.807) is 0 Å². The van der Waals surface area contributed by atoms with Gasteiger partial charge in [0.25, 0.3) is 0 Å². The van der Waals surface area contributed by atoms with E-state index in [-0.39, 0.29) is 0 Å². The zero-order chi connectivity index (χ0) is 16.1. The van der Waals surface area contributed by atoms with Crippen LogP contribution in [0.2, 0.25) is 0 Å². The van der Waals surface area contributed by atoms with Gasteiger partial charge in [-0.05, 0) is 69.2 Å². The standard InChI is InChI=1S/C21H25Cl/c1-15-5-7-19(17(3)13-15)9-11-21(22)12-10-20-8-6-16(2)14-18(20)4/h5-8,11,13-14H,9-10,12H2,1-4H3/b21-11-. The fourth-order valence-corrected chi connectivity index (χ4v) is 2.95. The Morgan fingerprint density at radius 3 is 1.95 bits per heavy atom. The molecule has 0 aliphatic rings. The maximum atomic E-state index is 6.41. The van der Waals surface area contributed by atoms with Crippen LogP contribution in [0, 0.1) is 27.7 Å². The quantitative estimate of drug-likeness (QED) is 0.615. The fourth-order valence-electron chi connectivity index (χ4n) is 2.78. The Kier molecular flexibility index (Phi) is 5.85. The van der Waals surface area contributed by atoms with E-state index in [1.165, 1.54) is 33.4 Å². The summed E-state index contributed by atoms with van der Waals surface area (Å²) in [6, 6.07) is 13.2. The van der Waals surface area contributed by atoms with Gasteiger partial charge in [0, 0.05) is 5.03 Å². The summed E-state index contributed by atoms with van der Waals surface area (Å²) >= 11 is 6.41. The van der Waals surface area contributed by atoms with E-state index in [0.717, 1.165) is 24.3 Å². The van der Waals surface area contributed by atoms with Gasteiger partial charge in [-0.15, -0.1) is 0 Å². The molecular weight excluding hydrogens is 288 g/mol. The first kappa shape index (κ1) is 16.8. The van der Waals surface area contributed by atoms with E-state index in [1.807, 2.05) is 0 Å². The lowest BCUT2D eigenvalue weighted by Gasteiger charge is -2.07. The molecule has 0 aromatic heterocycles. The highest BCUT2D eigenvalue weighted by atomic mass is 35.5. The SMILES string of the molecule is Cc1ccc(C/C=C(\Cl)CCc2ccc(C)cc2C)c(C)c1. The Bertz CT molecular complexity index is 680. The van der Waals surface area contributed by atoms with Crippen molar-refractivity contribution in [3.05, 3.63) is 80.9 Å². The molecule has 0 N–H and O–H groups in total. The Balaban J connectivity index is 1.95. The molecule has 0 amide bonds. The summed E-state index contributed by atoms with van der Waals surface area (Å²) in [4.78, 5) is 0. The second-order valence-corrected chi connectivity index (χ2v) is 6.70. The van der Waals surface area contributed by atoms with E-state index in [2.05, 4.69) is 70.2 Å². The molecule has 22 heavy (non-hydrogen) atoms. The van der Waals surface area contributed by atoms with E-state index in [4.69, 9.17) is 11.6 Å². The first-order valence-electron chi connectivity index (χ1n) is 7.92. The molecule has 2 aromatic rings. The molecule has 0 aliphatic carbocycles. The summed E-state index contributed by atoms with van der Waals surface area (Å²) in [6.07, 6.45) is 4.99. The Morgan fingerprint density at radius 2 is 1.41 bits per heavy atom. The summed E-state index contributed by atoms with van der Waals surface area (Å²) in [5, 5.41) is 0.958. The van der Waals surface area contributed by atoms with Crippen LogP contribution in [0.25, 0.3) is 0 Å². The van der Waals surface area contributed by atoms with Gasteiger partial charge >= 0.3 is 0 Å². The van der Waals surface area contributed by atoms with Crippen molar-refractivity contribution in [2.24, 2.45) is 0 Å². The van der Waals surface area contributed by atoms with Crippen LogP contribution in [-0.4, -0.2) is 0 Å². The van der Waals surface area contributed by atoms with Gasteiger partial charge < -0.3 is 0 Å². The number of hydrogen-bond donors (Lipinski definition) is 0. The lowest BCUT2D eigenvalue weighted by molar-refractivity contribution is 0.964. The lowest BCUT2D eigenvalue weighted by Crippen LogP contribution is -1.92. The molecule has 2 rings (SSSR count). The number of rotatable bonds is 5. The van der Waals surface area contributed by atoms with Gasteiger partial charge in [0.2, 0.25) is 0 Å². The summed E-state index contributed by atoms with van der Waals surface area (Å²) in [5.74, 6) is 0. The van der Waals surface area contributed by atoms with Gasteiger partial charge in [0.05, 0.1) is 0 Å². The number of halogens is 1. The Labute approximate surface area is 139 Å². The van der Waals surface area contributed by atoms with Gasteiger partial charge in [-0.25, -0.2) is 0 Å². The van der Waals surface area contributed by atoms with Crippen LogP contribution in [0.3, 0.4) is 0 Å². The van der Waals surface area contributed by atoms with Crippen LogP contribution in [0.5, 0.6) is 0 Å². The minimum Gasteiger partial charge on any atom is -0.0895 e. The highest BCUT2D eigenvalue weighted by molar-refractivity contribution is 6.29. The first-order chi connectivity index (χ1) is 10.5. The van der Waals surface area contributed by atoms with Gasteiger partial charge in [0.1, 0.15) is 0 Å². The first-order valence-corrected chi connectivity index (χ1v) is 8.30. The second-order valence-electron chi connectivity index (χ2n) is 6.21. The summed E-state index contributed by atoms with van der Waals surface area (Å²) in [5.41, 5.74) is 8.08. The second kappa shape index (κ2) is 7.65. The van der Waals surface area contributed by atoms with Crippen molar-refractivity contribution in [3.63, 3.8) is 0 Å². The molecule has 0 bridgehead atoms. The molecule has 0 saturated heterocycles. The topological polar surface area (TPSA) is 0 Å². The van der Waals surface area contributed by atoms with Crippen molar-refractivity contribution < 1.29 is 0 Å². The van der Waals surface area contributed by atoms with Crippen molar-refractivity contribution in [2.75, 3.05) is 0 Å². The Hall–Kier alpha value is -1.53. The van der Waals surface area contributed by atoms with Crippen LogP contribution in [0.15, 0.2) is 47.5 Å². The minimum atomic E-state index is 0.913. The van der Waals surface area contributed by atoms with Crippen LogP contribution in [0.1, 0.15) is 39.8 Å². The van der Waals surface area contributed by atoms with Gasteiger partial charge in [0.15, 0.2) is 0 Å². The molecule has 0 spiro atoms. The molecule has 0 aliphatic heterocycles. The van der Waals surface area contributed by atoms with Crippen LogP contribution < -0.4 is 0 Å². The van der Waals surface area contributed by atoms with E-state index < -0.39 is 0 Å². The summed E-state index contributed by atoms with van der Waals surface area (Å²) in [7, 11) is 0. The molecule has 0 fully saturated rings. The fraction of sp³-hybridized carbons (Fsp3) is 0.333. The average Bonchev–Trinajstić information content (AvgIpc) is 2.45. The highest BCUT2D eigenvalue weighted by Crippen LogP contribution is 2.19.